The number of benzene rings is 1. The third kappa shape index (κ3) is 2.08. The van der Waals surface area contributed by atoms with E-state index in [1.165, 1.54) is 6.07 Å². The van der Waals surface area contributed by atoms with E-state index < -0.39 is 0 Å². The second-order valence-electron chi connectivity index (χ2n) is 3.94. The number of nitrogens with zero attached hydrogens (tertiary/aromatic N) is 2. The van der Waals surface area contributed by atoms with Gasteiger partial charge in [0.15, 0.2) is 6.54 Å². The van der Waals surface area contributed by atoms with E-state index in [9.17, 15) is 9.30 Å². The normalized spacial score (nSPS) is 10.5. The summed E-state index contributed by atoms with van der Waals surface area (Å²) in [4.78, 5) is 10.6. The molecule has 2 rings (SSSR count). The number of hydrogen-bond acceptors (Lipinski definition) is 2. The molecular formula is C12H13FN3O+. The Morgan fingerprint density at radius 1 is 1.35 bits per heavy atom. The molecule has 0 aliphatic carbocycles. The van der Waals surface area contributed by atoms with Crippen LogP contribution < -0.4 is 4.68 Å². The minimum Gasteiger partial charge on any atom is -0.206 e. The molecule has 0 saturated heterocycles. The monoisotopic (exact) mass is 234 g/mol. The fourth-order valence-electron chi connectivity index (χ4n) is 1.83. The third-order valence-electron chi connectivity index (χ3n) is 2.78. The maximum absolute atomic E-state index is 13.5. The first kappa shape index (κ1) is 11.4. The van der Waals surface area contributed by atoms with Gasteiger partial charge in [0, 0.05) is 6.92 Å². The van der Waals surface area contributed by atoms with E-state index >= 15 is 0 Å². The molecule has 0 unspecified atom stereocenters. The van der Waals surface area contributed by atoms with E-state index in [1.807, 2.05) is 0 Å². The minimum atomic E-state index is -0.257. The summed E-state index contributed by atoms with van der Waals surface area (Å²) in [5, 5.41) is 5.95. The van der Waals surface area contributed by atoms with E-state index in [4.69, 9.17) is 0 Å². The van der Waals surface area contributed by atoms with Gasteiger partial charge in [-0.15, -0.1) is 9.59 Å². The van der Waals surface area contributed by atoms with E-state index in [0.29, 0.717) is 29.2 Å². The molecule has 17 heavy (non-hydrogen) atoms. The molecule has 1 N–H and O–H groups in total. The fraction of sp³-hybridized carbons (Fsp3) is 0.250. The van der Waals surface area contributed by atoms with Gasteiger partial charge in [0.25, 0.3) is 0 Å². The smallest absolute Gasteiger partial charge is 0.206 e. The Labute approximate surface area is 98.1 Å². The van der Waals surface area contributed by atoms with Crippen LogP contribution in [-0.4, -0.2) is 5.10 Å². The van der Waals surface area contributed by atoms with Crippen molar-refractivity contribution < 1.29 is 9.07 Å². The fourth-order valence-corrected chi connectivity index (χ4v) is 1.83. The van der Waals surface area contributed by atoms with Gasteiger partial charge in [-0.3, -0.25) is 0 Å². The zero-order valence-corrected chi connectivity index (χ0v) is 9.70. The first-order chi connectivity index (χ1) is 8.13. The first-order valence-electron chi connectivity index (χ1n) is 5.29. The summed E-state index contributed by atoms with van der Waals surface area (Å²) in [6, 6.07) is 6.56. The summed E-state index contributed by atoms with van der Waals surface area (Å²) < 4.78 is 15.2. The number of aromatic amines is 1. The molecule has 0 radical (unpaired) electrons. The summed E-state index contributed by atoms with van der Waals surface area (Å²) in [5.74, 6) is -0.257. The molecular weight excluding hydrogens is 221 g/mol. The number of aromatic nitrogens is 2. The molecule has 5 heteroatoms. The molecule has 0 saturated carbocycles. The van der Waals surface area contributed by atoms with Crippen molar-refractivity contribution >= 4 is 5.69 Å². The molecule has 0 spiro atoms. The van der Waals surface area contributed by atoms with Gasteiger partial charge in [-0.2, -0.15) is 5.10 Å². The second kappa shape index (κ2) is 4.45. The Balaban J connectivity index is 2.37. The lowest BCUT2D eigenvalue weighted by Gasteiger charge is -1.97. The molecule has 0 atom stereocenters. The highest BCUT2D eigenvalue weighted by Gasteiger charge is 2.20. The van der Waals surface area contributed by atoms with Crippen molar-refractivity contribution in [1.29, 1.82) is 0 Å². The quantitative estimate of drug-likeness (QED) is 0.643. The largest absolute Gasteiger partial charge is 0.234 e. The molecule has 88 valence electrons. The second-order valence-corrected chi connectivity index (χ2v) is 3.94. The molecule has 1 heterocycles. The van der Waals surface area contributed by atoms with E-state index in [0.717, 1.165) is 0 Å². The van der Waals surface area contributed by atoms with Gasteiger partial charge in [-0.1, -0.05) is 12.1 Å². The maximum Gasteiger partial charge on any atom is 0.234 e. The van der Waals surface area contributed by atoms with E-state index in [1.54, 1.807) is 36.7 Å². The van der Waals surface area contributed by atoms with Crippen molar-refractivity contribution in [3.05, 3.63) is 51.9 Å². The highest BCUT2D eigenvalue weighted by Crippen LogP contribution is 2.18. The van der Waals surface area contributed by atoms with Gasteiger partial charge >= 0.3 is 0 Å². The molecule has 0 amide bonds. The van der Waals surface area contributed by atoms with Gasteiger partial charge < -0.3 is 0 Å². The van der Waals surface area contributed by atoms with Gasteiger partial charge in [0.05, 0.1) is 5.56 Å². The van der Waals surface area contributed by atoms with Crippen molar-refractivity contribution in [2.45, 2.75) is 20.4 Å². The summed E-state index contributed by atoms with van der Waals surface area (Å²) in [6.07, 6.45) is 0. The number of halogens is 1. The summed E-state index contributed by atoms with van der Waals surface area (Å²) in [6.45, 7) is 3.90. The Bertz CT molecular complexity index is 563. The lowest BCUT2D eigenvalue weighted by atomic mass is 10.2. The van der Waals surface area contributed by atoms with Gasteiger partial charge in [0.1, 0.15) is 11.5 Å². The lowest BCUT2D eigenvalue weighted by molar-refractivity contribution is -0.747. The molecule has 1 aromatic heterocycles. The minimum absolute atomic E-state index is 0.257. The van der Waals surface area contributed by atoms with Gasteiger partial charge in [-0.05, 0) is 24.2 Å². The number of nitroso groups, excluding NO2 is 1. The van der Waals surface area contributed by atoms with Crippen LogP contribution in [0.5, 0.6) is 0 Å². The van der Waals surface area contributed by atoms with Crippen molar-refractivity contribution in [2.75, 3.05) is 0 Å². The number of rotatable bonds is 3. The van der Waals surface area contributed by atoms with Crippen LogP contribution in [0.25, 0.3) is 0 Å². The predicted molar refractivity (Wildman–Crippen MR) is 61.4 cm³/mol. The summed E-state index contributed by atoms with van der Waals surface area (Å²) >= 11 is 0. The number of H-pyrrole nitrogens is 1. The molecule has 2 aromatic rings. The Hall–Kier alpha value is -2.04. The van der Waals surface area contributed by atoms with Crippen molar-refractivity contribution in [3.63, 3.8) is 0 Å². The van der Waals surface area contributed by atoms with Gasteiger partial charge in [-0.25, -0.2) is 4.39 Å². The number of nitrogens with one attached hydrogen (secondary N) is 1. The zero-order valence-electron chi connectivity index (χ0n) is 9.70. The van der Waals surface area contributed by atoms with Crippen LogP contribution in [-0.2, 0) is 6.54 Å². The van der Waals surface area contributed by atoms with Crippen LogP contribution in [0.3, 0.4) is 0 Å². The Morgan fingerprint density at radius 2 is 2.06 bits per heavy atom. The van der Waals surface area contributed by atoms with Crippen LogP contribution in [0.4, 0.5) is 10.1 Å². The van der Waals surface area contributed by atoms with Crippen LogP contribution in [0.2, 0.25) is 0 Å². The van der Waals surface area contributed by atoms with E-state index in [2.05, 4.69) is 10.3 Å². The molecule has 0 bridgehead atoms. The number of hydrogen-bond donors (Lipinski definition) is 1. The number of aryl methyl sites for hydroxylation is 1. The lowest BCUT2D eigenvalue weighted by Crippen LogP contribution is -2.39. The zero-order chi connectivity index (χ0) is 12.4. The molecule has 4 nitrogen and oxygen atoms in total. The van der Waals surface area contributed by atoms with Crippen LogP contribution in [0.1, 0.15) is 17.0 Å². The standard InChI is InChI=1S/C12H12FN3O/c1-8-12(15-17)9(2)16(14-8)7-10-5-3-4-6-11(10)13/h3-6H,7H2,1-2H3/p+1. The van der Waals surface area contributed by atoms with Crippen molar-refractivity contribution in [1.82, 2.24) is 5.10 Å². The van der Waals surface area contributed by atoms with E-state index in [-0.39, 0.29) is 5.82 Å². The first-order valence-corrected chi connectivity index (χ1v) is 5.29. The Morgan fingerprint density at radius 3 is 2.65 bits per heavy atom. The predicted octanol–water partition coefficient (Wildman–Crippen LogP) is 2.50. The average Bonchev–Trinajstić information content (AvgIpc) is 2.57. The maximum atomic E-state index is 13.5. The summed E-state index contributed by atoms with van der Waals surface area (Å²) in [5.41, 5.74) is 2.36. The SMILES string of the molecule is Cc1[nH][n+](Cc2ccccc2F)c(C)c1N=O. The highest BCUT2D eigenvalue weighted by molar-refractivity contribution is 5.42. The average molecular weight is 234 g/mol. The topological polar surface area (TPSA) is 49.1 Å². The molecule has 0 aliphatic rings. The van der Waals surface area contributed by atoms with Crippen LogP contribution in [0, 0.1) is 24.6 Å². The van der Waals surface area contributed by atoms with Crippen LogP contribution >= 0.6 is 0 Å². The van der Waals surface area contributed by atoms with Crippen molar-refractivity contribution in [3.8, 4) is 0 Å². The molecule has 1 aromatic carbocycles. The molecule has 0 aliphatic heterocycles. The van der Waals surface area contributed by atoms with Crippen molar-refractivity contribution in [2.24, 2.45) is 5.18 Å². The summed E-state index contributed by atoms with van der Waals surface area (Å²) in [7, 11) is 0. The third-order valence-corrected chi connectivity index (χ3v) is 2.78. The van der Waals surface area contributed by atoms with Gasteiger partial charge in [0.2, 0.25) is 11.4 Å². The Kier molecular flexibility index (Phi) is 2.99. The molecule has 0 fully saturated rings. The highest BCUT2D eigenvalue weighted by atomic mass is 19.1. The van der Waals surface area contributed by atoms with Crippen LogP contribution in [0.15, 0.2) is 29.4 Å².